The van der Waals surface area contributed by atoms with E-state index in [2.05, 4.69) is 28.3 Å². The second-order valence-corrected chi connectivity index (χ2v) is 4.65. The van der Waals surface area contributed by atoms with Gasteiger partial charge in [-0.05, 0) is 32.5 Å². The van der Waals surface area contributed by atoms with Gasteiger partial charge < -0.3 is 10.1 Å². The van der Waals surface area contributed by atoms with E-state index in [4.69, 9.17) is 4.74 Å². The fourth-order valence-electron chi connectivity index (χ4n) is 2.14. The van der Waals surface area contributed by atoms with Crippen molar-refractivity contribution in [3.63, 3.8) is 0 Å². The molecule has 1 aromatic rings. The average Bonchev–Trinajstić information content (AvgIpc) is 2.87. The van der Waals surface area contributed by atoms with Gasteiger partial charge in [0, 0.05) is 32.4 Å². The second kappa shape index (κ2) is 7.51. The van der Waals surface area contributed by atoms with E-state index < -0.39 is 0 Å². The Balaban J connectivity index is 1.52. The number of hydrogen-bond donors (Lipinski definition) is 1. The van der Waals surface area contributed by atoms with Crippen molar-refractivity contribution in [2.24, 2.45) is 0 Å². The minimum Gasteiger partial charge on any atom is -0.379 e. The van der Waals surface area contributed by atoms with E-state index in [0.717, 1.165) is 51.6 Å². The summed E-state index contributed by atoms with van der Waals surface area (Å²) in [5, 5.41) is 7.89. The molecule has 1 fully saturated rings. The van der Waals surface area contributed by atoms with Gasteiger partial charge in [0.05, 0.1) is 18.9 Å². The first-order valence-electron chi connectivity index (χ1n) is 6.91. The van der Waals surface area contributed by atoms with Crippen LogP contribution in [0.5, 0.6) is 0 Å². The lowest BCUT2D eigenvalue weighted by atomic mass is 10.3. The molecule has 5 heteroatoms. The highest BCUT2D eigenvalue weighted by Crippen LogP contribution is 1.98. The Morgan fingerprint density at radius 3 is 2.94 bits per heavy atom. The molecule has 0 amide bonds. The summed E-state index contributed by atoms with van der Waals surface area (Å²) < 4.78 is 7.29. The molecule has 0 radical (unpaired) electrons. The van der Waals surface area contributed by atoms with Gasteiger partial charge in [0.15, 0.2) is 0 Å². The van der Waals surface area contributed by atoms with E-state index in [1.54, 1.807) is 0 Å². The van der Waals surface area contributed by atoms with Crippen molar-refractivity contribution in [3.05, 3.63) is 18.0 Å². The van der Waals surface area contributed by atoms with Crippen molar-refractivity contribution in [1.29, 1.82) is 0 Å². The lowest BCUT2D eigenvalue weighted by Gasteiger charge is -2.26. The lowest BCUT2D eigenvalue weighted by molar-refractivity contribution is 0.0374. The molecule has 1 aromatic heterocycles. The van der Waals surface area contributed by atoms with Crippen molar-refractivity contribution in [1.82, 2.24) is 20.0 Å². The average molecular weight is 252 g/mol. The Labute approximate surface area is 109 Å². The second-order valence-electron chi connectivity index (χ2n) is 4.65. The number of hydrogen-bond acceptors (Lipinski definition) is 4. The van der Waals surface area contributed by atoms with Gasteiger partial charge in [-0.2, -0.15) is 5.10 Å². The number of ether oxygens (including phenoxy) is 1. The monoisotopic (exact) mass is 252 g/mol. The topological polar surface area (TPSA) is 42.3 Å². The van der Waals surface area contributed by atoms with E-state index in [0.29, 0.717) is 0 Å². The lowest BCUT2D eigenvalue weighted by Crippen LogP contribution is -2.37. The molecular weight excluding hydrogens is 228 g/mol. The molecule has 0 atom stereocenters. The Kier molecular flexibility index (Phi) is 5.64. The van der Waals surface area contributed by atoms with Gasteiger partial charge in [-0.15, -0.1) is 0 Å². The van der Waals surface area contributed by atoms with E-state index in [1.807, 2.05) is 10.9 Å². The molecule has 0 spiro atoms. The summed E-state index contributed by atoms with van der Waals surface area (Å²) in [5.41, 5.74) is 1.13. The molecule has 1 aliphatic heterocycles. The summed E-state index contributed by atoms with van der Waals surface area (Å²) in [6.07, 6.45) is 3.22. The van der Waals surface area contributed by atoms with Crippen molar-refractivity contribution < 1.29 is 4.74 Å². The zero-order valence-corrected chi connectivity index (χ0v) is 11.3. The summed E-state index contributed by atoms with van der Waals surface area (Å²) in [5.74, 6) is 0. The fraction of sp³-hybridized carbons (Fsp3) is 0.769. The highest BCUT2D eigenvalue weighted by Gasteiger charge is 2.08. The molecule has 0 unspecified atom stereocenters. The van der Waals surface area contributed by atoms with Gasteiger partial charge in [0.25, 0.3) is 0 Å². The van der Waals surface area contributed by atoms with Crippen molar-refractivity contribution in [2.75, 3.05) is 39.4 Å². The van der Waals surface area contributed by atoms with E-state index in [9.17, 15) is 0 Å². The molecule has 18 heavy (non-hydrogen) atoms. The maximum absolute atomic E-state index is 5.33. The van der Waals surface area contributed by atoms with Crippen LogP contribution >= 0.6 is 0 Å². The van der Waals surface area contributed by atoms with Crippen LogP contribution in [0.1, 0.15) is 19.0 Å². The third-order valence-corrected chi connectivity index (χ3v) is 3.26. The van der Waals surface area contributed by atoms with Crippen LogP contribution in [-0.2, 0) is 17.8 Å². The van der Waals surface area contributed by atoms with Gasteiger partial charge in [0.2, 0.25) is 0 Å². The van der Waals surface area contributed by atoms with Crippen LogP contribution in [0.15, 0.2) is 12.3 Å². The molecule has 0 bridgehead atoms. The van der Waals surface area contributed by atoms with Crippen LogP contribution in [0.4, 0.5) is 0 Å². The molecule has 0 saturated carbocycles. The predicted molar refractivity (Wildman–Crippen MR) is 71.5 cm³/mol. The largest absolute Gasteiger partial charge is 0.379 e. The first-order valence-corrected chi connectivity index (χ1v) is 6.91. The van der Waals surface area contributed by atoms with Crippen molar-refractivity contribution in [3.8, 4) is 0 Å². The number of nitrogens with zero attached hydrogens (tertiary/aromatic N) is 3. The first-order chi connectivity index (χ1) is 8.88. The minimum atomic E-state index is 0.871. The van der Waals surface area contributed by atoms with Gasteiger partial charge in [0.1, 0.15) is 0 Å². The van der Waals surface area contributed by atoms with Crippen LogP contribution in [0.2, 0.25) is 0 Å². The molecule has 1 saturated heterocycles. The quantitative estimate of drug-likeness (QED) is 0.726. The Bertz CT molecular complexity index is 333. The SMILES string of the molecule is CCn1ccc(CNCCCN2CCOCC2)n1. The Morgan fingerprint density at radius 2 is 2.22 bits per heavy atom. The van der Waals surface area contributed by atoms with E-state index in [1.165, 1.54) is 13.0 Å². The van der Waals surface area contributed by atoms with Crippen LogP contribution in [0.25, 0.3) is 0 Å². The molecule has 2 rings (SSSR count). The third kappa shape index (κ3) is 4.40. The summed E-state index contributed by atoms with van der Waals surface area (Å²) in [6, 6.07) is 2.08. The molecule has 2 heterocycles. The van der Waals surface area contributed by atoms with Crippen LogP contribution in [-0.4, -0.2) is 54.1 Å². The molecule has 1 N–H and O–H groups in total. The third-order valence-electron chi connectivity index (χ3n) is 3.26. The number of aryl methyl sites for hydroxylation is 1. The number of rotatable bonds is 7. The summed E-state index contributed by atoms with van der Waals surface area (Å²) >= 11 is 0. The zero-order chi connectivity index (χ0) is 12.6. The molecule has 5 nitrogen and oxygen atoms in total. The summed E-state index contributed by atoms with van der Waals surface area (Å²) in [4.78, 5) is 2.47. The fourth-order valence-corrected chi connectivity index (χ4v) is 2.14. The predicted octanol–water partition coefficient (Wildman–Crippen LogP) is 0.715. The molecule has 0 aromatic carbocycles. The van der Waals surface area contributed by atoms with Gasteiger partial charge >= 0.3 is 0 Å². The van der Waals surface area contributed by atoms with Crippen molar-refractivity contribution in [2.45, 2.75) is 26.4 Å². The van der Waals surface area contributed by atoms with E-state index >= 15 is 0 Å². The van der Waals surface area contributed by atoms with Gasteiger partial charge in [-0.1, -0.05) is 0 Å². The Morgan fingerprint density at radius 1 is 1.39 bits per heavy atom. The molecule has 102 valence electrons. The standard InChI is InChI=1S/C13H24N4O/c1-2-17-7-4-13(15-17)12-14-5-3-6-16-8-10-18-11-9-16/h4,7,14H,2-3,5-6,8-12H2,1H3. The molecular formula is C13H24N4O. The minimum absolute atomic E-state index is 0.871. The normalized spacial score (nSPS) is 17.2. The van der Waals surface area contributed by atoms with Crippen LogP contribution in [0.3, 0.4) is 0 Å². The molecule has 1 aliphatic rings. The van der Waals surface area contributed by atoms with Crippen molar-refractivity contribution >= 4 is 0 Å². The zero-order valence-electron chi connectivity index (χ0n) is 11.3. The van der Waals surface area contributed by atoms with Crippen LogP contribution < -0.4 is 5.32 Å². The summed E-state index contributed by atoms with van der Waals surface area (Å²) in [6.45, 7) is 10.1. The first kappa shape index (κ1) is 13.5. The maximum Gasteiger partial charge on any atom is 0.0762 e. The number of aromatic nitrogens is 2. The maximum atomic E-state index is 5.33. The smallest absolute Gasteiger partial charge is 0.0762 e. The van der Waals surface area contributed by atoms with Gasteiger partial charge in [-0.3, -0.25) is 9.58 Å². The van der Waals surface area contributed by atoms with Crippen LogP contribution in [0, 0.1) is 0 Å². The van der Waals surface area contributed by atoms with Gasteiger partial charge in [-0.25, -0.2) is 0 Å². The van der Waals surface area contributed by atoms with E-state index in [-0.39, 0.29) is 0 Å². The Hall–Kier alpha value is -0.910. The molecule has 0 aliphatic carbocycles. The summed E-state index contributed by atoms with van der Waals surface area (Å²) in [7, 11) is 0. The number of nitrogens with one attached hydrogen (secondary N) is 1. The number of morpholine rings is 1. The highest BCUT2D eigenvalue weighted by molar-refractivity contribution is 4.98. The highest BCUT2D eigenvalue weighted by atomic mass is 16.5.